The van der Waals surface area contributed by atoms with Gasteiger partial charge in [-0.05, 0) is 12.1 Å². The van der Waals surface area contributed by atoms with Gasteiger partial charge in [0.1, 0.15) is 6.04 Å². The van der Waals surface area contributed by atoms with Crippen LogP contribution < -0.4 is 10.5 Å². The van der Waals surface area contributed by atoms with Crippen LogP contribution in [0.4, 0.5) is 13.2 Å². The Bertz CT molecular complexity index is 284. The van der Waals surface area contributed by atoms with Gasteiger partial charge < -0.3 is 10.5 Å². The van der Waals surface area contributed by atoms with Gasteiger partial charge in [-0.3, -0.25) is 0 Å². The first kappa shape index (κ1) is 10.3. The van der Waals surface area contributed by atoms with Crippen molar-refractivity contribution in [1.29, 1.82) is 0 Å². The summed E-state index contributed by atoms with van der Waals surface area (Å²) in [6, 6.07) is 0.870. The predicted molar refractivity (Wildman–Crippen MR) is 43.9 cm³/mol. The molecule has 74 valence electrons. The van der Waals surface area contributed by atoms with Crippen molar-refractivity contribution in [2.45, 2.75) is 12.2 Å². The van der Waals surface area contributed by atoms with Gasteiger partial charge in [0.15, 0.2) is 5.06 Å². The lowest BCUT2D eigenvalue weighted by Gasteiger charge is -2.12. The highest BCUT2D eigenvalue weighted by Crippen LogP contribution is 2.36. The van der Waals surface area contributed by atoms with E-state index in [0.29, 0.717) is 5.06 Å². The Labute approximate surface area is 77.1 Å². The third-order valence-electron chi connectivity index (χ3n) is 1.46. The first-order chi connectivity index (χ1) is 5.95. The van der Waals surface area contributed by atoms with E-state index in [9.17, 15) is 13.2 Å². The van der Waals surface area contributed by atoms with Crippen LogP contribution in [0.5, 0.6) is 5.06 Å². The van der Waals surface area contributed by atoms with E-state index < -0.39 is 12.2 Å². The summed E-state index contributed by atoms with van der Waals surface area (Å²) in [6.07, 6.45) is -4.39. The molecular weight excluding hydrogens is 203 g/mol. The Hall–Kier alpha value is -0.750. The Morgan fingerprint density at radius 2 is 2.08 bits per heavy atom. The van der Waals surface area contributed by atoms with E-state index in [1.165, 1.54) is 19.2 Å². The molecule has 0 aliphatic rings. The van der Waals surface area contributed by atoms with Crippen molar-refractivity contribution in [3.63, 3.8) is 0 Å². The number of nitrogens with two attached hydrogens (primary N) is 1. The lowest BCUT2D eigenvalue weighted by atomic mass is 10.2. The normalized spacial score (nSPS) is 14.2. The van der Waals surface area contributed by atoms with Crippen LogP contribution in [0, 0.1) is 0 Å². The minimum atomic E-state index is -4.39. The molecule has 1 atom stereocenters. The third kappa shape index (κ3) is 2.35. The second-order valence-corrected chi connectivity index (χ2v) is 3.46. The average Bonchev–Trinajstić information content (AvgIpc) is 2.48. The molecule has 0 spiro atoms. The van der Waals surface area contributed by atoms with Gasteiger partial charge in [0.25, 0.3) is 0 Å². The Kier molecular flexibility index (Phi) is 2.82. The van der Waals surface area contributed by atoms with Gasteiger partial charge in [-0.1, -0.05) is 0 Å². The van der Waals surface area contributed by atoms with Crippen molar-refractivity contribution in [2.75, 3.05) is 7.11 Å². The number of ether oxygens (including phenoxy) is 1. The molecule has 0 aromatic carbocycles. The van der Waals surface area contributed by atoms with E-state index in [1.54, 1.807) is 0 Å². The first-order valence-electron chi connectivity index (χ1n) is 3.41. The predicted octanol–water partition coefficient (Wildman–Crippen LogP) is 2.32. The van der Waals surface area contributed by atoms with Crippen LogP contribution in [-0.2, 0) is 0 Å². The molecule has 1 rings (SSSR count). The number of rotatable bonds is 2. The molecule has 2 N–H and O–H groups in total. The minimum absolute atomic E-state index is 0.0596. The molecule has 0 saturated heterocycles. The smallest absolute Gasteiger partial charge is 0.408 e. The zero-order valence-electron chi connectivity index (χ0n) is 6.76. The highest BCUT2D eigenvalue weighted by atomic mass is 32.1. The zero-order chi connectivity index (χ0) is 10.1. The largest absolute Gasteiger partial charge is 0.487 e. The van der Waals surface area contributed by atoms with Gasteiger partial charge in [-0.15, -0.1) is 11.3 Å². The number of alkyl halides is 3. The Morgan fingerprint density at radius 1 is 1.46 bits per heavy atom. The molecule has 0 aliphatic carbocycles. The lowest BCUT2D eigenvalue weighted by Crippen LogP contribution is -2.27. The van der Waals surface area contributed by atoms with Crippen molar-refractivity contribution in [3.05, 3.63) is 17.0 Å². The molecule has 0 radical (unpaired) electrons. The topological polar surface area (TPSA) is 35.2 Å². The molecular formula is C7H8F3NOS. The number of halogens is 3. The fraction of sp³-hybridized carbons (Fsp3) is 0.429. The fourth-order valence-electron chi connectivity index (χ4n) is 0.773. The van der Waals surface area contributed by atoms with Crippen LogP contribution in [0.25, 0.3) is 0 Å². The van der Waals surface area contributed by atoms with Crippen LogP contribution in [0.2, 0.25) is 0 Å². The van der Waals surface area contributed by atoms with Gasteiger partial charge >= 0.3 is 6.18 Å². The van der Waals surface area contributed by atoms with E-state index >= 15 is 0 Å². The average molecular weight is 211 g/mol. The summed E-state index contributed by atoms with van der Waals surface area (Å²) in [4.78, 5) is 0.0596. The van der Waals surface area contributed by atoms with Gasteiger partial charge in [-0.2, -0.15) is 13.2 Å². The van der Waals surface area contributed by atoms with Crippen molar-refractivity contribution < 1.29 is 17.9 Å². The molecule has 0 saturated carbocycles. The van der Waals surface area contributed by atoms with Gasteiger partial charge in [0, 0.05) is 4.88 Å². The standard InChI is InChI=1S/C7H8F3NOS/c1-12-5-3-2-4(13-5)6(11)7(8,9)10/h2-3,6H,11H2,1H3/t6-/m0/s1. The quantitative estimate of drug-likeness (QED) is 0.814. The number of thiophene rings is 1. The SMILES string of the molecule is COc1ccc([C@H](N)C(F)(F)F)s1. The van der Waals surface area contributed by atoms with Crippen molar-refractivity contribution in [3.8, 4) is 5.06 Å². The van der Waals surface area contributed by atoms with E-state index in [4.69, 9.17) is 10.5 Å². The van der Waals surface area contributed by atoms with Crippen LogP contribution in [0.1, 0.15) is 10.9 Å². The molecule has 0 fully saturated rings. The van der Waals surface area contributed by atoms with Gasteiger partial charge in [0.05, 0.1) is 7.11 Å². The molecule has 0 bridgehead atoms. The first-order valence-corrected chi connectivity index (χ1v) is 4.23. The Morgan fingerprint density at radius 3 is 2.46 bits per heavy atom. The Balaban J connectivity index is 2.83. The summed E-state index contributed by atoms with van der Waals surface area (Å²) < 4.78 is 41.0. The van der Waals surface area contributed by atoms with Crippen LogP contribution in [-0.4, -0.2) is 13.3 Å². The highest BCUT2D eigenvalue weighted by Gasteiger charge is 2.38. The molecule has 0 amide bonds. The second-order valence-electron chi connectivity index (χ2n) is 2.38. The molecule has 1 aromatic heterocycles. The molecule has 0 aliphatic heterocycles. The second kappa shape index (κ2) is 3.55. The van der Waals surface area contributed by atoms with Crippen molar-refractivity contribution in [2.24, 2.45) is 5.73 Å². The number of hydrogen-bond acceptors (Lipinski definition) is 3. The summed E-state index contributed by atoms with van der Waals surface area (Å²) >= 11 is 0.901. The summed E-state index contributed by atoms with van der Waals surface area (Å²) in [7, 11) is 1.40. The summed E-state index contributed by atoms with van der Waals surface area (Å²) in [5.74, 6) is 0. The number of methoxy groups -OCH3 is 1. The number of hydrogen-bond donors (Lipinski definition) is 1. The minimum Gasteiger partial charge on any atom is -0.487 e. The molecule has 6 heteroatoms. The third-order valence-corrected chi connectivity index (χ3v) is 2.59. The molecule has 0 unspecified atom stereocenters. The van der Waals surface area contributed by atoms with Crippen molar-refractivity contribution >= 4 is 11.3 Å². The summed E-state index contributed by atoms with van der Waals surface area (Å²) in [6.45, 7) is 0. The fourth-order valence-corrected chi connectivity index (χ4v) is 1.62. The van der Waals surface area contributed by atoms with Gasteiger partial charge in [0.2, 0.25) is 0 Å². The van der Waals surface area contributed by atoms with Crippen LogP contribution >= 0.6 is 11.3 Å². The molecule has 13 heavy (non-hydrogen) atoms. The summed E-state index contributed by atoms with van der Waals surface area (Å²) in [5, 5.41) is 0.426. The van der Waals surface area contributed by atoms with E-state index in [1.807, 2.05) is 0 Å². The summed E-state index contributed by atoms with van der Waals surface area (Å²) in [5.41, 5.74) is 4.97. The molecule has 2 nitrogen and oxygen atoms in total. The van der Waals surface area contributed by atoms with E-state index in [2.05, 4.69) is 0 Å². The van der Waals surface area contributed by atoms with Crippen molar-refractivity contribution in [1.82, 2.24) is 0 Å². The lowest BCUT2D eigenvalue weighted by molar-refractivity contribution is -0.148. The van der Waals surface area contributed by atoms with Crippen LogP contribution in [0.3, 0.4) is 0 Å². The highest BCUT2D eigenvalue weighted by molar-refractivity contribution is 7.13. The van der Waals surface area contributed by atoms with E-state index in [0.717, 1.165) is 11.3 Å². The monoisotopic (exact) mass is 211 g/mol. The molecule has 1 heterocycles. The molecule has 1 aromatic rings. The zero-order valence-corrected chi connectivity index (χ0v) is 7.58. The maximum absolute atomic E-state index is 12.1. The van der Waals surface area contributed by atoms with Gasteiger partial charge in [-0.25, -0.2) is 0 Å². The maximum Gasteiger partial charge on any atom is 0.408 e. The van der Waals surface area contributed by atoms with Crippen LogP contribution in [0.15, 0.2) is 12.1 Å². The van der Waals surface area contributed by atoms with E-state index in [-0.39, 0.29) is 4.88 Å². The maximum atomic E-state index is 12.1.